The van der Waals surface area contributed by atoms with E-state index in [9.17, 15) is 14.4 Å². The highest BCUT2D eigenvalue weighted by molar-refractivity contribution is 9.10. The fourth-order valence-corrected chi connectivity index (χ4v) is 3.36. The van der Waals surface area contributed by atoms with Gasteiger partial charge in [-0.3, -0.25) is 9.59 Å². The van der Waals surface area contributed by atoms with Crippen LogP contribution in [0.25, 0.3) is 0 Å². The Morgan fingerprint density at radius 3 is 2.64 bits per heavy atom. The molecule has 1 heterocycles. The van der Waals surface area contributed by atoms with Gasteiger partial charge in [-0.15, -0.1) is 0 Å². The number of ether oxygens (including phenoxy) is 1. The van der Waals surface area contributed by atoms with Crippen molar-refractivity contribution >= 4 is 33.7 Å². The fourth-order valence-electron chi connectivity index (χ4n) is 2.96. The highest BCUT2D eigenvalue weighted by Gasteiger charge is 2.39. The summed E-state index contributed by atoms with van der Waals surface area (Å²) in [6.07, 6.45) is 1.33. The second-order valence-corrected chi connectivity index (χ2v) is 7.33. The van der Waals surface area contributed by atoms with Crippen molar-refractivity contribution in [3.8, 4) is 0 Å². The molecule has 2 atom stereocenters. The Morgan fingerprint density at radius 1 is 1.32 bits per heavy atom. The maximum Gasteiger partial charge on any atom is 0.328 e. The van der Waals surface area contributed by atoms with Crippen LogP contribution in [-0.4, -0.2) is 48.4 Å². The van der Waals surface area contributed by atoms with Crippen molar-refractivity contribution in [1.29, 1.82) is 0 Å². The first kappa shape index (κ1) is 19.4. The Morgan fingerprint density at radius 2 is 2.04 bits per heavy atom. The first-order valence-electron chi connectivity index (χ1n) is 8.30. The highest BCUT2D eigenvalue weighted by Crippen LogP contribution is 2.21. The topological polar surface area (TPSA) is 75.7 Å². The van der Waals surface area contributed by atoms with Crippen LogP contribution in [0, 0.1) is 5.92 Å². The molecular weight excluding hydrogens is 388 g/mol. The van der Waals surface area contributed by atoms with Gasteiger partial charge in [0.2, 0.25) is 5.91 Å². The maximum absolute atomic E-state index is 12.9. The first-order chi connectivity index (χ1) is 11.8. The number of nitrogens with zero attached hydrogens (tertiary/aromatic N) is 1. The van der Waals surface area contributed by atoms with Gasteiger partial charge in [0.1, 0.15) is 12.1 Å². The number of amides is 2. The van der Waals surface area contributed by atoms with Gasteiger partial charge in [0.25, 0.3) is 5.91 Å². The molecule has 0 bridgehead atoms. The number of carbonyl (C=O) groups excluding carboxylic acids is 3. The molecule has 1 saturated heterocycles. The molecule has 1 aliphatic heterocycles. The zero-order chi connectivity index (χ0) is 18.6. The van der Waals surface area contributed by atoms with Crippen molar-refractivity contribution in [2.45, 2.75) is 38.8 Å². The van der Waals surface area contributed by atoms with Crippen LogP contribution in [0.3, 0.4) is 0 Å². The van der Waals surface area contributed by atoms with Crippen molar-refractivity contribution in [1.82, 2.24) is 10.2 Å². The lowest BCUT2D eigenvalue weighted by Gasteiger charge is -2.29. The van der Waals surface area contributed by atoms with Crippen LogP contribution in [0.4, 0.5) is 0 Å². The van der Waals surface area contributed by atoms with Crippen LogP contribution in [0.2, 0.25) is 0 Å². The van der Waals surface area contributed by atoms with Crippen LogP contribution >= 0.6 is 15.9 Å². The zero-order valence-electron chi connectivity index (χ0n) is 14.6. The van der Waals surface area contributed by atoms with Gasteiger partial charge in [0.05, 0.1) is 7.11 Å². The Bertz CT molecular complexity index is 662. The molecule has 0 radical (unpaired) electrons. The number of halogens is 1. The highest BCUT2D eigenvalue weighted by atomic mass is 79.9. The molecule has 1 aromatic carbocycles. The minimum absolute atomic E-state index is 0.109. The van der Waals surface area contributed by atoms with Crippen molar-refractivity contribution in [2.75, 3.05) is 13.7 Å². The number of rotatable bonds is 5. The lowest BCUT2D eigenvalue weighted by Crippen LogP contribution is -2.53. The molecule has 2 rings (SSSR count). The third-order valence-corrected chi connectivity index (χ3v) is 4.81. The van der Waals surface area contributed by atoms with Gasteiger partial charge >= 0.3 is 5.97 Å². The molecule has 0 aromatic heterocycles. The monoisotopic (exact) mass is 410 g/mol. The van der Waals surface area contributed by atoms with Gasteiger partial charge in [-0.1, -0.05) is 35.8 Å². The van der Waals surface area contributed by atoms with E-state index < -0.39 is 18.1 Å². The number of methoxy groups -OCH3 is 1. The van der Waals surface area contributed by atoms with Crippen LogP contribution < -0.4 is 5.32 Å². The summed E-state index contributed by atoms with van der Waals surface area (Å²) in [5.41, 5.74) is 0.471. The third-order valence-electron chi connectivity index (χ3n) is 4.32. The SMILES string of the molecule is COC(=O)[C@@H]1CCCN1C(=O)[C@@H](NC(=O)c1cccc(Br)c1)C(C)C. The normalized spacial score (nSPS) is 18.1. The standard InChI is InChI=1S/C18H23BrN2O4/c1-11(2)15(20-16(22)12-6-4-7-13(19)10-12)17(23)21-9-5-8-14(21)18(24)25-3/h4,6-7,10-11,14-15H,5,8-9H2,1-3H3,(H,20,22)/t14-,15-/m0/s1. The number of esters is 1. The van der Waals surface area contributed by atoms with Gasteiger partial charge in [0, 0.05) is 16.6 Å². The van der Waals surface area contributed by atoms with Crippen molar-refractivity contribution in [3.05, 3.63) is 34.3 Å². The number of hydrogen-bond acceptors (Lipinski definition) is 4. The number of nitrogens with one attached hydrogen (secondary N) is 1. The Balaban J connectivity index is 2.15. The summed E-state index contributed by atoms with van der Waals surface area (Å²) >= 11 is 3.33. The molecule has 1 aromatic rings. The summed E-state index contributed by atoms with van der Waals surface area (Å²) in [7, 11) is 1.32. The summed E-state index contributed by atoms with van der Waals surface area (Å²) in [6, 6.07) is 5.71. The van der Waals surface area contributed by atoms with E-state index in [2.05, 4.69) is 21.2 Å². The smallest absolute Gasteiger partial charge is 0.328 e. The molecule has 1 fully saturated rings. The minimum Gasteiger partial charge on any atom is -0.467 e. The molecule has 2 amide bonds. The predicted molar refractivity (Wildman–Crippen MR) is 97.0 cm³/mol. The van der Waals surface area contributed by atoms with E-state index in [4.69, 9.17) is 4.74 Å². The van der Waals surface area contributed by atoms with Crippen LogP contribution in [0.15, 0.2) is 28.7 Å². The van der Waals surface area contributed by atoms with E-state index in [1.165, 1.54) is 12.0 Å². The quantitative estimate of drug-likeness (QED) is 0.755. The second-order valence-electron chi connectivity index (χ2n) is 6.42. The van der Waals surface area contributed by atoms with E-state index in [0.717, 1.165) is 10.9 Å². The fraction of sp³-hybridized carbons (Fsp3) is 0.500. The molecule has 1 N–H and O–H groups in total. The third kappa shape index (κ3) is 4.60. The molecule has 0 aliphatic carbocycles. The zero-order valence-corrected chi connectivity index (χ0v) is 16.2. The van der Waals surface area contributed by atoms with Gasteiger partial charge in [-0.2, -0.15) is 0 Å². The molecule has 0 saturated carbocycles. The molecule has 1 aliphatic rings. The molecule has 6 nitrogen and oxygen atoms in total. The first-order valence-corrected chi connectivity index (χ1v) is 9.09. The average molecular weight is 411 g/mol. The van der Waals surface area contributed by atoms with Crippen molar-refractivity contribution < 1.29 is 19.1 Å². The van der Waals surface area contributed by atoms with Gasteiger partial charge in [0.15, 0.2) is 0 Å². The van der Waals surface area contributed by atoms with E-state index in [1.807, 2.05) is 19.9 Å². The summed E-state index contributed by atoms with van der Waals surface area (Å²) < 4.78 is 5.58. The largest absolute Gasteiger partial charge is 0.467 e. The van der Waals surface area contributed by atoms with E-state index in [1.54, 1.807) is 18.2 Å². The predicted octanol–water partition coefficient (Wildman–Crippen LogP) is 2.37. The molecule has 0 unspecified atom stereocenters. The average Bonchev–Trinajstić information content (AvgIpc) is 3.07. The van der Waals surface area contributed by atoms with Gasteiger partial charge in [-0.25, -0.2) is 4.79 Å². The Kier molecular flexibility index (Phi) is 6.58. The number of benzene rings is 1. The number of carbonyl (C=O) groups is 3. The maximum atomic E-state index is 12.9. The van der Waals surface area contributed by atoms with Crippen LogP contribution in [0.1, 0.15) is 37.0 Å². The molecule has 7 heteroatoms. The van der Waals surface area contributed by atoms with Gasteiger partial charge in [-0.05, 0) is 37.0 Å². The summed E-state index contributed by atoms with van der Waals surface area (Å²) in [5, 5.41) is 2.81. The van der Waals surface area contributed by atoms with E-state index in [0.29, 0.717) is 18.5 Å². The molecular formula is C18H23BrN2O4. The Hall–Kier alpha value is -1.89. The van der Waals surface area contributed by atoms with Crippen molar-refractivity contribution in [3.63, 3.8) is 0 Å². The lowest BCUT2D eigenvalue weighted by atomic mass is 10.0. The number of hydrogen-bond donors (Lipinski definition) is 1. The number of likely N-dealkylation sites (tertiary alicyclic amines) is 1. The van der Waals surface area contributed by atoms with Crippen LogP contribution in [-0.2, 0) is 14.3 Å². The van der Waals surface area contributed by atoms with E-state index >= 15 is 0 Å². The second kappa shape index (κ2) is 8.47. The minimum atomic E-state index is -0.697. The lowest BCUT2D eigenvalue weighted by molar-refractivity contribution is -0.151. The summed E-state index contributed by atoms with van der Waals surface area (Å²) in [5.74, 6) is -1.08. The molecule has 0 spiro atoms. The van der Waals surface area contributed by atoms with Crippen molar-refractivity contribution in [2.24, 2.45) is 5.92 Å². The van der Waals surface area contributed by atoms with E-state index in [-0.39, 0.29) is 17.7 Å². The molecule has 25 heavy (non-hydrogen) atoms. The summed E-state index contributed by atoms with van der Waals surface area (Å²) in [6.45, 7) is 4.23. The molecule has 136 valence electrons. The van der Waals surface area contributed by atoms with Crippen LogP contribution in [0.5, 0.6) is 0 Å². The van der Waals surface area contributed by atoms with Gasteiger partial charge < -0.3 is 15.0 Å². The Labute approximate surface area is 156 Å². The summed E-state index contributed by atoms with van der Waals surface area (Å²) in [4.78, 5) is 38.9.